The first-order valence-corrected chi connectivity index (χ1v) is 14.8. The van der Waals surface area contributed by atoms with Gasteiger partial charge in [0.25, 0.3) is 5.56 Å². The van der Waals surface area contributed by atoms with Crippen LogP contribution >= 0.6 is 11.3 Å². The van der Waals surface area contributed by atoms with Gasteiger partial charge in [-0.25, -0.2) is 9.78 Å². The number of carbonyl (C=O) groups excluding carboxylic acids is 1. The van der Waals surface area contributed by atoms with E-state index >= 15 is 0 Å². The number of carbonyl (C=O) groups is 1. The number of aromatic nitrogens is 4. The molecule has 0 unspecified atom stereocenters. The van der Waals surface area contributed by atoms with Crippen molar-refractivity contribution in [3.63, 3.8) is 0 Å². The third-order valence-corrected chi connectivity index (χ3v) is 8.79. The number of rotatable bonds is 10. The van der Waals surface area contributed by atoms with E-state index < -0.39 is 29.7 Å². The maximum absolute atomic E-state index is 13.9. The highest BCUT2D eigenvalue weighted by molar-refractivity contribution is 7.18. The second-order valence-electron chi connectivity index (χ2n) is 10.2. The van der Waals surface area contributed by atoms with Gasteiger partial charge in [-0.3, -0.25) is 18.7 Å². The Morgan fingerprint density at radius 2 is 1.67 bits per heavy atom. The summed E-state index contributed by atoms with van der Waals surface area (Å²) >= 11 is 1.39. The van der Waals surface area contributed by atoms with Crippen LogP contribution in [0.15, 0.2) is 86.9 Å². The molecular formula is C33H27N4O7S-. The number of hydrogen-bond acceptors (Lipinski definition) is 10. The first-order chi connectivity index (χ1) is 21.8. The number of Topliss-reactive ketones (excluding diaryl/α,β-unsaturated/α-hetero) is 1. The average Bonchev–Trinajstić information content (AvgIpc) is 3.71. The third kappa shape index (κ3) is 5.63. The fraction of sp³-hybridized carbons (Fsp3) is 0.182. The third-order valence-electron chi connectivity index (χ3n) is 7.48. The molecule has 228 valence electrons. The molecule has 6 aromatic rings. The lowest BCUT2D eigenvalue weighted by Gasteiger charge is -2.13. The zero-order valence-corrected chi connectivity index (χ0v) is 25.4. The van der Waals surface area contributed by atoms with E-state index in [1.165, 1.54) is 31.6 Å². The summed E-state index contributed by atoms with van der Waals surface area (Å²) in [6.45, 7) is 1.72. The Balaban J connectivity index is 1.36. The van der Waals surface area contributed by atoms with Crippen molar-refractivity contribution in [2.75, 3.05) is 14.2 Å². The van der Waals surface area contributed by atoms with Crippen molar-refractivity contribution in [3.8, 4) is 40.1 Å². The molecule has 3 aromatic heterocycles. The predicted octanol–water partition coefficient (Wildman–Crippen LogP) is 4.53. The summed E-state index contributed by atoms with van der Waals surface area (Å²) in [5.74, 6) is 0.609. The zero-order chi connectivity index (χ0) is 31.7. The summed E-state index contributed by atoms with van der Waals surface area (Å²) in [6.07, 6.45) is -0.0710. The molecule has 3 heterocycles. The molecule has 0 atom stereocenters. The van der Waals surface area contributed by atoms with E-state index in [0.717, 1.165) is 26.1 Å². The first-order valence-electron chi connectivity index (χ1n) is 14.0. The summed E-state index contributed by atoms with van der Waals surface area (Å²) < 4.78 is 17.7. The molecule has 0 N–H and O–H groups in total. The van der Waals surface area contributed by atoms with Crippen molar-refractivity contribution in [3.05, 3.63) is 110 Å². The largest absolute Gasteiger partial charge is 0.528 e. The topological polar surface area (TPSA) is 142 Å². The minimum atomic E-state index is -0.765. The minimum absolute atomic E-state index is 0.177. The van der Waals surface area contributed by atoms with Gasteiger partial charge in [-0.2, -0.15) is 5.16 Å². The number of aryl methyl sites for hydroxylation is 1. The van der Waals surface area contributed by atoms with Crippen molar-refractivity contribution >= 4 is 27.3 Å². The minimum Gasteiger partial charge on any atom is -0.528 e. The van der Waals surface area contributed by atoms with E-state index in [4.69, 9.17) is 9.47 Å². The Hall–Kier alpha value is -5.49. The van der Waals surface area contributed by atoms with Crippen LogP contribution in [0, 0.1) is 0 Å². The zero-order valence-electron chi connectivity index (χ0n) is 24.6. The summed E-state index contributed by atoms with van der Waals surface area (Å²) in [5, 5.41) is 15.6. The monoisotopic (exact) mass is 623 g/mol. The Morgan fingerprint density at radius 1 is 0.933 bits per heavy atom. The fourth-order valence-electron chi connectivity index (χ4n) is 5.17. The van der Waals surface area contributed by atoms with Gasteiger partial charge < -0.3 is 19.1 Å². The van der Waals surface area contributed by atoms with Crippen LogP contribution in [0.1, 0.15) is 27.7 Å². The van der Waals surface area contributed by atoms with Gasteiger partial charge in [0.05, 0.1) is 32.7 Å². The number of benzene rings is 3. The molecule has 3 aromatic carbocycles. The molecule has 0 aliphatic carbocycles. The summed E-state index contributed by atoms with van der Waals surface area (Å²) in [5.41, 5.74) is 2.30. The molecule has 6 rings (SSSR count). The molecule has 0 aliphatic rings. The van der Waals surface area contributed by atoms with Crippen LogP contribution in [-0.2, 0) is 19.5 Å². The van der Waals surface area contributed by atoms with Crippen molar-refractivity contribution in [2.45, 2.75) is 26.4 Å². The van der Waals surface area contributed by atoms with Crippen LogP contribution in [0.2, 0.25) is 0 Å². The van der Waals surface area contributed by atoms with Crippen LogP contribution < -0.4 is 25.8 Å². The summed E-state index contributed by atoms with van der Waals surface area (Å²) in [4.78, 5) is 46.1. The molecule has 0 radical (unpaired) electrons. The SMILES string of the molecule is CCc1cc2c(=O)n(CC(=O)c3ccc(OC)c(OC)c3)c(=O)n(Cc3ccc(-c4ccccc4-c4noc([O-])n4)cc3)c2s1. The predicted molar refractivity (Wildman–Crippen MR) is 167 cm³/mol. The van der Waals surface area contributed by atoms with E-state index in [2.05, 4.69) is 14.7 Å². The van der Waals surface area contributed by atoms with Crippen LogP contribution in [0.25, 0.3) is 32.7 Å². The maximum atomic E-state index is 13.9. The average molecular weight is 624 g/mol. The lowest BCUT2D eigenvalue weighted by atomic mass is 9.98. The molecule has 0 amide bonds. The van der Waals surface area contributed by atoms with Gasteiger partial charge in [-0.15, -0.1) is 11.3 Å². The van der Waals surface area contributed by atoms with Crippen molar-refractivity contribution in [1.82, 2.24) is 19.3 Å². The van der Waals surface area contributed by atoms with Crippen molar-refractivity contribution in [2.24, 2.45) is 0 Å². The molecule has 0 saturated heterocycles. The number of methoxy groups -OCH3 is 2. The number of nitrogens with zero attached hydrogens (tertiary/aromatic N) is 4. The second kappa shape index (κ2) is 12.2. The van der Waals surface area contributed by atoms with E-state index in [9.17, 15) is 19.5 Å². The number of ketones is 1. The second-order valence-corrected chi connectivity index (χ2v) is 11.3. The van der Waals surface area contributed by atoms with Gasteiger partial charge in [-0.1, -0.05) is 55.5 Å². The lowest BCUT2D eigenvalue weighted by molar-refractivity contribution is -0.303. The van der Waals surface area contributed by atoms with Crippen LogP contribution in [0.3, 0.4) is 0 Å². The fourth-order valence-corrected chi connectivity index (χ4v) is 6.25. The van der Waals surface area contributed by atoms with Crippen LogP contribution in [0.4, 0.5) is 0 Å². The Bertz CT molecular complexity index is 2160. The van der Waals surface area contributed by atoms with E-state index in [1.807, 2.05) is 49.4 Å². The van der Waals surface area contributed by atoms with Crippen LogP contribution in [0.5, 0.6) is 17.6 Å². The first kappa shape index (κ1) is 29.6. The highest BCUT2D eigenvalue weighted by atomic mass is 32.1. The van der Waals surface area contributed by atoms with E-state index in [-0.39, 0.29) is 17.9 Å². The molecule has 12 heteroatoms. The van der Waals surface area contributed by atoms with Gasteiger partial charge in [0.1, 0.15) is 4.83 Å². The van der Waals surface area contributed by atoms with Gasteiger partial charge in [0.2, 0.25) is 0 Å². The van der Waals surface area contributed by atoms with Gasteiger partial charge in [0, 0.05) is 16.0 Å². The molecule has 0 fully saturated rings. The summed E-state index contributed by atoms with van der Waals surface area (Å²) in [6, 6.07) is 21.5. The Morgan fingerprint density at radius 3 is 2.33 bits per heavy atom. The molecule has 0 bridgehead atoms. The maximum Gasteiger partial charge on any atom is 0.332 e. The quantitative estimate of drug-likeness (QED) is 0.201. The normalized spacial score (nSPS) is 11.2. The highest BCUT2D eigenvalue weighted by Crippen LogP contribution is 2.32. The summed E-state index contributed by atoms with van der Waals surface area (Å²) in [7, 11) is 2.96. The van der Waals surface area contributed by atoms with E-state index in [1.54, 1.807) is 28.8 Å². The standard InChI is InChI=1S/C33H28N4O7S/c1-4-22-16-25-30(39)36(18-26(38)21-13-14-27(42-2)28(15-21)43-3)33(41)37(31(25)45-22)17-19-9-11-20(12-10-19)23-7-5-6-8-24(23)29-34-32(40)44-35-29/h5-16H,4,17-18H2,1-3H3,(H,34,35,40)/p-1. The van der Waals surface area contributed by atoms with Crippen molar-refractivity contribution < 1.29 is 23.9 Å². The highest BCUT2D eigenvalue weighted by Gasteiger charge is 2.20. The number of ether oxygens (including phenoxy) is 2. The van der Waals surface area contributed by atoms with Gasteiger partial charge in [-0.05, 0) is 47.4 Å². The number of fused-ring (bicyclic) bond motifs is 1. The molecule has 45 heavy (non-hydrogen) atoms. The lowest BCUT2D eigenvalue weighted by Crippen LogP contribution is -2.41. The molecule has 11 nitrogen and oxygen atoms in total. The molecule has 0 spiro atoms. The van der Waals surface area contributed by atoms with Gasteiger partial charge >= 0.3 is 5.69 Å². The molecular weight excluding hydrogens is 596 g/mol. The molecule has 0 aliphatic heterocycles. The number of hydrogen-bond donors (Lipinski definition) is 0. The smallest absolute Gasteiger partial charge is 0.332 e. The van der Waals surface area contributed by atoms with E-state index in [0.29, 0.717) is 33.7 Å². The number of thiophene rings is 1. The Labute approximate surface area is 260 Å². The van der Waals surface area contributed by atoms with Crippen molar-refractivity contribution in [1.29, 1.82) is 0 Å². The molecule has 0 saturated carbocycles. The van der Waals surface area contributed by atoms with Crippen LogP contribution in [-0.4, -0.2) is 39.3 Å². The van der Waals surface area contributed by atoms with Gasteiger partial charge in [0.15, 0.2) is 29.2 Å². The Kier molecular flexibility index (Phi) is 8.05.